The second-order valence-electron chi connectivity index (χ2n) is 5.17. The van der Waals surface area contributed by atoms with Crippen LogP contribution in [0.5, 0.6) is 0 Å². The molecule has 2 heterocycles. The van der Waals surface area contributed by atoms with Crippen molar-refractivity contribution >= 4 is 0 Å². The molecule has 0 amide bonds. The Morgan fingerprint density at radius 3 is 1.59 bits per heavy atom. The third-order valence-corrected chi connectivity index (χ3v) is 3.72. The van der Waals surface area contributed by atoms with Crippen molar-refractivity contribution in [2.45, 2.75) is 63.6 Å². The summed E-state index contributed by atoms with van der Waals surface area (Å²) in [5.41, 5.74) is 0. The van der Waals surface area contributed by atoms with Gasteiger partial charge in [-0.1, -0.05) is 0 Å². The fourth-order valence-corrected chi connectivity index (χ4v) is 2.28. The summed E-state index contributed by atoms with van der Waals surface area (Å²) in [6.07, 6.45) is 11.0. The molecule has 2 aliphatic heterocycles. The summed E-state index contributed by atoms with van der Waals surface area (Å²) in [5.74, 6) is 0. The summed E-state index contributed by atoms with van der Waals surface area (Å²) < 4.78 is 16.4. The van der Waals surface area contributed by atoms with Crippen LogP contribution in [0, 0.1) is 0 Å². The predicted octanol–water partition coefficient (Wildman–Crippen LogP) is 2.92. The van der Waals surface area contributed by atoms with Crippen molar-refractivity contribution in [2.75, 3.05) is 26.4 Å². The first-order valence-electron chi connectivity index (χ1n) is 7.26. The highest BCUT2D eigenvalue weighted by atomic mass is 16.5. The Kier molecular flexibility index (Phi) is 6.32. The minimum atomic E-state index is 0.567. The molecule has 0 aromatic rings. The molecule has 0 radical (unpaired) electrons. The lowest BCUT2D eigenvalue weighted by atomic mass is 10.1. The van der Waals surface area contributed by atoms with Gasteiger partial charge in [0.05, 0.1) is 12.2 Å². The quantitative estimate of drug-likeness (QED) is 0.551. The Balaban J connectivity index is 1.25. The maximum atomic E-state index is 5.62. The van der Waals surface area contributed by atoms with Crippen molar-refractivity contribution < 1.29 is 14.2 Å². The lowest BCUT2D eigenvalue weighted by molar-refractivity contribution is -0.0570. The zero-order valence-corrected chi connectivity index (χ0v) is 10.9. The van der Waals surface area contributed by atoms with E-state index in [0.29, 0.717) is 12.2 Å². The number of unbranched alkanes of at least 4 members (excludes halogenated alkanes) is 2. The summed E-state index contributed by atoms with van der Waals surface area (Å²) in [6, 6.07) is 0. The average Bonchev–Trinajstić information content (AvgIpc) is 2.21. The molecule has 0 bridgehead atoms. The molecule has 0 aromatic carbocycles. The van der Waals surface area contributed by atoms with E-state index < -0.39 is 0 Å². The molecule has 2 atom stereocenters. The molecule has 0 spiro atoms. The van der Waals surface area contributed by atoms with Gasteiger partial charge in [0, 0.05) is 26.4 Å². The van der Waals surface area contributed by atoms with Crippen LogP contribution >= 0.6 is 0 Å². The fourth-order valence-electron chi connectivity index (χ4n) is 2.28. The van der Waals surface area contributed by atoms with Gasteiger partial charge in [0.1, 0.15) is 0 Å². The van der Waals surface area contributed by atoms with Gasteiger partial charge in [-0.25, -0.2) is 0 Å². The van der Waals surface area contributed by atoms with Crippen LogP contribution in [0.15, 0.2) is 0 Å². The van der Waals surface area contributed by atoms with Crippen molar-refractivity contribution in [3.05, 3.63) is 0 Å². The largest absolute Gasteiger partial charge is 0.381 e. The van der Waals surface area contributed by atoms with Gasteiger partial charge in [0.2, 0.25) is 0 Å². The number of hydrogen-bond donors (Lipinski definition) is 0. The highest BCUT2D eigenvalue weighted by molar-refractivity contribution is 4.66. The van der Waals surface area contributed by atoms with Crippen LogP contribution in [0.1, 0.15) is 51.4 Å². The van der Waals surface area contributed by atoms with Crippen LogP contribution < -0.4 is 0 Å². The third kappa shape index (κ3) is 5.36. The normalized spacial score (nSPS) is 27.5. The van der Waals surface area contributed by atoms with E-state index in [2.05, 4.69) is 0 Å². The standard InChI is InChI=1S/C14H26O3/c1(5-13-7-11-16-13)3-9-15-10-4-2-6-14-8-12-17-14/h13-14H,1-12H2. The van der Waals surface area contributed by atoms with E-state index in [-0.39, 0.29) is 0 Å². The molecule has 3 heteroatoms. The molecule has 100 valence electrons. The molecular formula is C14H26O3. The third-order valence-electron chi connectivity index (χ3n) is 3.72. The zero-order valence-electron chi connectivity index (χ0n) is 10.9. The van der Waals surface area contributed by atoms with Crippen molar-refractivity contribution in [1.29, 1.82) is 0 Å². The van der Waals surface area contributed by atoms with Crippen molar-refractivity contribution in [2.24, 2.45) is 0 Å². The maximum Gasteiger partial charge on any atom is 0.0597 e. The molecule has 17 heavy (non-hydrogen) atoms. The van der Waals surface area contributed by atoms with Crippen LogP contribution in [-0.2, 0) is 14.2 Å². The SMILES string of the molecule is C(CCC1CCO1)COCCCCC1CCO1. The Morgan fingerprint density at radius 1 is 0.765 bits per heavy atom. The number of rotatable bonds is 10. The van der Waals surface area contributed by atoms with Gasteiger partial charge in [-0.2, -0.15) is 0 Å². The first-order valence-corrected chi connectivity index (χ1v) is 7.26. The summed E-state index contributed by atoms with van der Waals surface area (Å²) >= 11 is 0. The lowest BCUT2D eigenvalue weighted by Crippen LogP contribution is -2.26. The Morgan fingerprint density at radius 2 is 1.24 bits per heavy atom. The minimum Gasteiger partial charge on any atom is -0.381 e. The summed E-state index contributed by atoms with van der Waals surface area (Å²) in [6.45, 7) is 3.80. The van der Waals surface area contributed by atoms with Gasteiger partial charge in [0.25, 0.3) is 0 Å². The van der Waals surface area contributed by atoms with Gasteiger partial charge >= 0.3 is 0 Å². The van der Waals surface area contributed by atoms with E-state index in [0.717, 1.165) is 26.4 Å². The highest BCUT2D eigenvalue weighted by Gasteiger charge is 2.17. The highest BCUT2D eigenvalue weighted by Crippen LogP contribution is 2.18. The smallest absolute Gasteiger partial charge is 0.0597 e. The van der Waals surface area contributed by atoms with E-state index in [1.54, 1.807) is 0 Å². The maximum absolute atomic E-state index is 5.62. The predicted molar refractivity (Wildman–Crippen MR) is 67.2 cm³/mol. The Labute approximate surface area is 105 Å². The molecule has 3 nitrogen and oxygen atoms in total. The lowest BCUT2D eigenvalue weighted by Gasteiger charge is -2.26. The topological polar surface area (TPSA) is 27.7 Å². The molecule has 2 fully saturated rings. The van der Waals surface area contributed by atoms with Gasteiger partial charge in [-0.3, -0.25) is 0 Å². The van der Waals surface area contributed by atoms with Crippen LogP contribution in [0.3, 0.4) is 0 Å². The molecule has 0 saturated carbocycles. The molecule has 0 N–H and O–H groups in total. The van der Waals surface area contributed by atoms with E-state index in [4.69, 9.17) is 14.2 Å². The molecule has 2 unspecified atom stereocenters. The monoisotopic (exact) mass is 242 g/mol. The second-order valence-corrected chi connectivity index (χ2v) is 5.17. The molecule has 2 saturated heterocycles. The van der Waals surface area contributed by atoms with Crippen LogP contribution in [0.25, 0.3) is 0 Å². The van der Waals surface area contributed by atoms with Gasteiger partial charge in [-0.05, 0) is 51.4 Å². The van der Waals surface area contributed by atoms with Crippen LogP contribution in [0.2, 0.25) is 0 Å². The van der Waals surface area contributed by atoms with Crippen LogP contribution in [-0.4, -0.2) is 38.6 Å². The molecular weight excluding hydrogens is 216 g/mol. The van der Waals surface area contributed by atoms with Crippen molar-refractivity contribution in [3.63, 3.8) is 0 Å². The van der Waals surface area contributed by atoms with Crippen molar-refractivity contribution in [3.8, 4) is 0 Å². The molecule has 2 rings (SSSR count). The first-order chi connectivity index (χ1) is 8.45. The zero-order chi connectivity index (χ0) is 11.8. The summed E-state index contributed by atoms with van der Waals surface area (Å²) in [7, 11) is 0. The molecule has 2 aliphatic rings. The van der Waals surface area contributed by atoms with E-state index in [9.17, 15) is 0 Å². The summed E-state index contributed by atoms with van der Waals surface area (Å²) in [4.78, 5) is 0. The van der Waals surface area contributed by atoms with E-state index >= 15 is 0 Å². The van der Waals surface area contributed by atoms with Crippen molar-refractivity contribution in [1.82, 2.24) is 0 Å². The Hall–Kier alpha value is -0.120. The van der Waals surface area contributed by atoms with Crippen LogP contribution in [0.4, 0.5) is 0 Å². The summed E-state index contributed by atoms with van der Waals surface area (Å²) in [5, 5.41) is 0. The molecule has 0 aliphatic carbocycles. The Bertz CT molecular complexity index is 168. The average molecular weight is 242 g/mol. The fraction of sp³-hybridized carbons (Fsp3) is 1.00. The van der Waals surface area contributed by atoms with Gasteiger partial charge in [0.15, 0.2) is 0 Å². The molecule has 0 aromatic heterocycles. The second kappa shape index (κ2) is 8.06. The van der Waals surface area contributed by atoms with Gasteiger partial charge in [-0.15, -0.1) is 0 Å². The van der Waals surface area contributed by atoms with E-state index in [1.165, 1.54) is 51.4 Å². The number of ether oxygens (including phenoxy) is 3. The van der Waals surface area contributed by atoms with Gasteiger partial charge < -0.3 is 14.2 Å². The number of hydrogen-bond acceptors (Lipinski definition) is 3. The first kappa shape index (κ1) is 13.3. The minimum absolute atomic E-state index is 0.567. The van der Waals surface area contributed by atoms with E-state index in [1.807, 2.05) is 0 Å².